The number of rotatable bonds is 6. The third-order valence-electron chi connectivity index (χ3n) is 1.89. The van der Waals surface area contributed by atoms with E-state index in [0.29, 0.717) is 18.2 Å². The fraction of sp³-hybridized carbons (Fsp3) is 0.545. The van der Waals surface area contributed by atoms with Crippen LogP contribution in [0.2, 0.25) is 0 Å². The summed E-state index contributed by atoms with van der Waals surface area (Å²) in [5.41, 5.74) is 6.34. The van der Waals surface area contributed by atoms with Gasteiger partial charge in [-0.15, -0.1) is 11.8 Å². The minimum Gasteiger partial charge on any atom is -0.476 e. The topological polar surface area (TPSA) is 48.1 Å². The maximum absolute atomic E-state index is 5.73. The van der Waals surface area contributed by atoms with Crippen molar-refractivity contribution in [2.45, 2.75) is 31.7 Å². The normalized spacial score (nSPS) is 10.3. The number of anilines is 1. The van der Waals surface area contributed by atoms with Crippen LogP contribution in [0.3, 0.4) is 0 Å². The Labute approximate surface area is 95.4 Å². The molecular weight excluding hydrogens is 208 g/mol. The highest BCUT2D eigenvalue weighted by Crippen LogP contribution is 2.24. The zero-order valence-corrected chi connectivity index (χ0v) is 10.1. The first-order valence-corrected chi connectivity index (χ1v) is 6.28. The van der Waals surface area contributed by atoms with E-state index in [-0.39, 0.29) is 0 Å². The molecule has 0 saturated heterocycles. The predicted octanol–water partition coefficient (Wildman–Crippen LogP) is 2.95. The zero-order chi connectivity index (χ0) is 11.1. The first-order valence-electron chi connectivity index (χ1n) is 5.30. The highest BCUT2D eigenvalue weighted by Gasteiger charge is 2.03. The van der Waals surface area contributed by atoms with Gasteiger partial charge >= 0.3 is 0 Å². The zero-order valence-electron chi connectivity index (χ0n) is 9.32. The monoisotopic (exact) mass is 226 g/mol. The van der Waals surface area contributed by atoms with Crippen LogP contribution < -0.4 is 10.5 Å². The Hall–Kier alpha value is -0.900. The highest BCUT2D eigenvalue weighted by atomic mass is 32.2. The van der Waals surface area contributed by atoms with Crippen LogP contribution in [-0.4, -0.2) is 17.3 Å². The maximum Gasteiger partial charge on any atom is 0.238 e. The lowest BCUT2D eigenvalue weighted by atomic mass is 10.4. The van der Waals surface area contributed by atoms with Crippen molar-refractivity contribution in [3.05, 3.63) is 12.1 Å². The van der Waals surface area contributed by atoms with Crippen molar-refractivity contribution < 1.29 is 4.74 Å². The van der Waals surface area contributed by atoms with E-state index >= 15 is 0 Å². The van der Waals surface area contributed by atoms with Crippen molar-refractivity contribution >= 4 is 17.4 Å². The molecule has 4 heteroatoms. The van der Waals surface area contributed by atoms with E-state index in [0.717, 1.165) is 10.8 Å². The van der Waals surface area contributed by atoms with E-state index in [1.54, 1.807) is 11.8 Å². The molecule has 3 nitrogen and oxygen atoms in total. The smallest absolute Gasteiger partial charge is 0.238 e. The lowest BCUT2D eigenvalue weighted by Crippen LogP contribution is -2.00. The van der Waals surface area contributed by atoms with Gasteiger partial charge in [-0.2, -0.15) is 0 Å². The number of ether oxygens (including phenoxy) is 1. The highest BCUT2D eigenvalue weighted by molar-refractivity contribution is 7.99. The lowest BCUT2D eigenvalue weighted by Gasteiger charge is -2.07. The predicted molar refractivity (Wildman–Crippen MR) is 65.5 cm³/mol. The molecule has 1 rings (SSSR count). The molecule has 0 unspecified atom stereocenters. The number of nitrogens with two attached hydrogens (primary N) is 1. The quantitative estimate of drug-likeness (QED) is 0.598. The van der Waals surface area contributed by atoms with Gasteiger partial charge in [0.05, 0.1) is 12.3 Å². The molecule has 0 aromatic carbocycles. The molecule has 0 aliphatic heterocycles. The Bertz CT molecular complexity index is 305. The molecule has 0 amide bonds. The average Bonchev–Trinajstić information content (AvgIpc) is 2.23. The van der Waals surface area contributed by atoms with Gasteiger partial charge in [0.25, 0.3) is 0 Å². The number of hydrogen-bond acceptors (Lipinski definition) is 4. The molecule has 1 aromatic rings. The van der Waals surface area contributed by atoms with Gasteiger partial charge in [-0.1, -0.05) is 13.3 Å². The van der Waals surface area contributed by atoms with Crippen LogP contribution in [0.1, 0.15) is 26.7 Å². The summed E-state index contributed by atoms with van der Waals surface area (Å²) in [6.45, 7) is 4.71. The van der Waals surface area contributed by atoms with Crippen LogP contribution in [0, 0.1) is 0 Å². The standard InChI is InChI=1S/C11H18N2OS/c1-3-5-8-15-10-7-6-9(12)11(13-10)14-4-2/h6-7H,3-5,8,12H2,1-2H3. The Morgan fingerprint density at radius 1 is 1.40 bits per heavy atom. The van der Waals surface area contributed by atoms with E-state index in [1.165, 1.54) is 12.8 Å². The molecule has 0 radical (unpaired) electrons. The lowest BCUT2D eigenvalue weighted by molar-refractivity contribution is 0.326. The molecule has 1 heterocycles. The summed E-state index contributed by atoms with van der Waals surface area (Å²) >= 11 is 1.75. The van der Waals surface area contributed by atoms with Crippen LogP contribution in [-0.2, 0) is 0 Å². The number of nitrogen functional groups attached to an aromatic ring is 1. The fourth-order valence-corrected chi connectivity index (χ4v) is 2.04. The molecule has 0 saturated carbocycles. The number of hydrogen-bond donors (Lipinski definition) is 1. The number of thioether (sulfide) groups is 1. The van der Waals surface area contributed by atoms with Crippen molar-refractivity contribution in [3.8, 4) is 5.88 Å². The molecule has 84 valence electrons. The molecule has 0 spiro atoms. The first kappa shape index (κ1) is 12.2. The minimum absolute atomic E-state index is 0.555. The van der Waals surface area contributed by atoms with Crippen molar-refractivity contribution in [2.75, 3.05) is 18.1 Å². The second-order valence-electron chi connectivity index (χ2n) is 3.18. The summed E-state index contributed by atoms with van der Waals surface area (Å²) in [5, 5.41) is 0.987. The molecule has 2 N–H and O–H groups in total. The van der Waals surface area contributed by atoms with E-state index in [2.05, 4.69) is 11.9 Å². The Balaban J connectivity index is 2.61. The van der Waals surface area contributed by atoms with Crippen molar-refractivity contribution in [1.29, 1.82) is 0 Å². The molecule has 0 atom stereocenters. The largest absolute Gasteiger partial charge is 0.476 e. The number of unbranched alkanes of at least 4 members (excludes halogenated alkanes) is 1. The van der Waals surface area contributed by atoms with Gasteiger partial charge in [-0.25, -0.2) is 4.98 Å². The molecular formula is C11H18N2OS. The second-order valence-corrected chi connectivity index (χ2v) is 4.29. The first-order chi connectivity index (χ1) is 7.27. The Morgan fingerprint density at radius 2 is 2.20 bits per heavy atom. The maximum atomic E-state index is 5.73. The van der Waals surface area contributed by atoms with Crippen molar-refractivity contribution in [1.82, 2.24) is 4.98 Å². The van der Waals surface area contributed by atoms with Crippen molar-refractivity contribution in [2.24, 2.45) is 0 Å². The molecule has 0 aliphatic carbocycles. The summed E-state index contributed by atoms with van der Waals surface area (Å²) in [5.74, 6) is 1.65. The minimum atomic E-state index is 0.555. The molecule has 0 bridgehead atoms. The van der Waals surface area contributed by atoms with E-state index < -0.39 is 0 Å². The van der Waals surface area contributed by atoms with Crippen LogP contribution in [0.4, 0.5) is 5.69 Å². The van der Waals surface area contributed by atoms with E-state index in [9.17, 15) is 0 Å². The van der Waals surface area contributed by atoms with Gasteiger partial charge in [-0.05, 0) is 31.2 Å². The molecule has 15 heavy (non-hydrogen) atoms. The molecule has 0 fully saturated rings. The summed E-state index contributed by atoms with van der Waals surface area (Å²) < 4.78 is 5.33. The fourth-order valence-electron chi connectivity index (χ4n) is 1.09. The number of pyridine rings is 1. The summed E-state index contributed by atoms with van der Waals surface area (Å²) in [4.78, 5) is 4.35. The van der Waals surface area contributed by atoms with Gasteiger partial charge in [0.2, 0.25) is 5.88 Å². The molecule has 0 aliphatic rings. The Kier molecular flexibility index (Phi) is 5.32. The van der Waals surface area contributed by atoms with Gasteiger partial charge < -0.3 is 10.5 Å². The van der Waals surface area contributed by atoms with Gasteiger partial charge in [0, 0.05) is 0 Å². The average molecular weight is 226 g/mol. The molecule has 1 aromatic heterocycles. The summed E-state index contributed by atoms with van der Waals surface area (Å²) in [6, 6.07) is 3.80. The second kappa shape index (κ2) is 6.56. The summed E-state index contributed by atoms with van der Waals surface area (Å²) in [6.07, 6.45) is 2.42. The van der Waals surface area contributed by atoms with Gasteiger partial charge in [0.15, 0.2) is 0 Å². The van der Waals surface area contributed by atoms with E-state index in [1.807, 2.05) is 19.1 Å². The SMILES string of the molecule is CCCCSc1ccc(N)c(OCC)n1. The van der Waals surface area contributed by atoms with Gasteiger partial charge in [0.1, 0.15) is 5.03 Å². The van der Waals surface area contributed by atoms with Gasteiger partial charge in [-0.3, -0.25) is 0 Å². The third-order valence-corrected chi connectivity index (χ3v) is 2.91. The Morgan fingerprint density at radius 3 is 2.87 bits per heavy atom. The number of aromatic nitrogens is 1. The van der Waals surface area contributed by atoms with Crippen molar-refractivity contribution in [3.63, 3.8) is 0 Å². The third kappa shape index (κ3) is 4.00. The van der Waals surface area contributed by atoms with E-state index in [4.69, 9.17) is 10.5 Å². The van der Waals surface area contributed by atoms with Crippen LogP contribution >= 0.6 is 11.8 Å². The van der Waals surface area contributed by atoms with Crippen LogP contribution in [0.15, 0.2) is 17.2 Å². The number of nitrogens with zero attached hydrogens (tertiary/aromatic N) is 1. The summed E-state index contributed by atoms with van der Waals surface area (Å²) in [7, 11) is 0. The van der Waals surface area contributed by atoms with Crippen LogP contribution in [0.5, 0.6) is 5.88 Å². The van der Waals surface area contributed by atoms with Crippen LogP contribution in [0.25, 0.3) is 0 Å².